The molecule has 0 radical (unpaired) electrons. The Bertz CT molecular complexity index is 809. The number of nitrogens with zero attached hydrogens (tertiary/aromatic N) is 4. The largest absolute Gasteiger partial charge is 0.377 e. The lowest BCUT2D eigenvalue weighted by atomic mass is 10.2. The monoisotopic (exact) mass is 342 g/mol. The van der Waals surface area contributed by atoms with E-state index in [1.165, 1.54) is 12.4 Å². The predicted octanol–water partition coefficient (Wildman–Crippen LogP) is 3.32. The molecule has 3 aromatic rings. The van der Waals surface area contributed by atoms with Gasteiger partial charge in [0.1, 0.15) is 5.01 Å². The van der Waals surface area contributed by atoms with Gasteiger partial charge in [-0.15, -0.1) is 11.3 Å². The van der Waals surface area contributed by atoms with Gasteiger partial charge < -0.3 is 9.64 Å². The molecule has 1 fully saturated rings. The van der Waals surface area contributed by atoms with Crippen molar-refractivity contribution in [2.24, 2.45) is 0 Å². The van der Waals surface area contributed by atoms with Crippen molar-refractivity contribution in [1.29, 1.82) is 0 Å². The molecule has 24 heavy (non-hydrogen) atoms. The van der Waals surface area contributed by atoms with Gasteiger partial charge in [0, 0.05) is 17.5 Å². The van der Waals surface area contributed by atoms with Gasteiger partial charge in [-0.3, -0.25) is 0 Å². The van der Waals surface area contributed by atoms with Gasteiger partial charge in [-0.2, -0.15) is 0 Å². The fourth-order valence-electron chi connectivity index (χ4n) is 2.69. The third-order valence-corrected chi connectivity index (χ3v) is 4.79. The second kappa shape index (κ2) is 6.62. The summed E-state index contributed by atoms with van der Waals surface area (Å²) in [6, 6.07) is 10.00. The predicted molar refractivity (Wildman–Crippen MR) is 90.4 cm³/mol. The Balaban J connectivity index is 1.64. The zero-order valence-corrected chi connectivity index (χ0v) is 13.6. The van der Waals surface area contributed by atoms with Crippen LogP contribution < -0.4 is 4.90 Å². The Morgan fingerprint density at radius 3 is 2.75 bits per heavy atom. The first-order valence-electron chi connectivity index (χ1n) is 7.64. The zero-order chi connectivity index (χ0) is 16.4. The maximum absolute atomic E-state index is 13.1. The van der Waals surface area contributed by atoms with Crippen LogP contribution in [0.15, 0.2) is 48.1 Å². The molecule has 122 valence electrons. The van der Waals surface area contributed by atoms with Crippen LogP contribution in [0.2, 0.25) is 0 Å². The van der Waals surface area contributed by atoms with Crippen molar-refractivity contribution in [2.75, 3.05) is 24.7 Å². The maximum Gasteiger partial charge on any atom is 0.226 e. The molecule has 5 nitrogen and oxygen atoms in total. The second-order valence-corrected chi connectivity index (χ2v) is 6.29. The molecule has 1 aromatic carbocycles. The summed E-state index contributed by atoms with van der Waals surface area (Å²) in [4.78, 5) is 15.0. The highest BCUT2D eigenvalue weighted by Gasteiger charge is 2.28. The standard InChI is InChI=1S/C17H15FN4OS/c18-13-8-19-17(20-9-13)22-6-7-23-10-15(22)14-11-24-16(21-14)12-4-2-1-3-5-12/h1-5,8-9,11,15H,6-7,10H2. The Hall–Kier alpha value is -2.38. The molecule has 0 N–H and O–H groups in total. The first-order valence-corrected chi connectivity index (χ1v) is 8.52. The van der Waals surface area contributed by atoms with Gasteiger partial charge in [0.25, 0.3) is 0 Å². The molecule has 0 amide bonds. The van der Waals surface area contributed by atoms with Crippen LogP contribution in [0, 0.1) is 5.82 Å². The van der Waals surface area contributed by atoms with E-state index in [0.717, 1.165) is 16.3 Å². The highest BCUT2D eigenvalue weighted by molar-refractivity contribution is 7.13. The number of benzene rings is 1. The molecule has 7 heteroatoms. The molecule has 3 heterocycles. The van der Waals surface area contributed by atoms with Gasteiger partial charge in [-0.05, 0) is 0 Å². The molecule has 2 aromatic heterocycles. The third-order valence-electron chi connectivity index (χ3n) is 3.88. The molecule has 1 unspecified atom stereocenters. The average Bonchev–Trinajstić information content (AvgIpc) is 3.13. The van der Waals surface area contributed by atoms with Crippen LogP contribution in [0.4, 0.5) is 10.3 Å². The van der Waals surface area contributed by atoms with E-state index in [1.807, 2.05) is 40.6 Å². The molecule has 1 aliphatic heterocycles. The summed E-state index contributed by atoms with van der Waals surface area (Å²) in [5.74, 6) is 0.0579. The number of ether oxygens (including phenoxy) is 1. The molecule has 1 saturated heterocycles. The average molecular weight is 342 g/mol. The van der Waals surface area contributed by atoms with Crippen molar-refractivity contribution >= 4 is 17.3 Å². The number of anilines is 1. The summed E-state index contributed by atoms with van der Waals surface area (Å²) in [7, 11) is 0. The molecule has 1 aliphatic rings. The van der Waals surface area contributed by atoms with Gasteiger partial charge in [0.15, 0.2) is 5.82 Å². The Labute approximate surface area is 142 Å². The van der Waals surface area contributed by atoms with Gasteiger partial charge in [-0.1, -0.05) is 30.3 Å². The van der Waals surface area contributed by atoms with Crippen molar-refractivity contribution < 1.29 is 9.13 Å². The number of hydrogen-bond donors (Lipinski definition) is 0. The van der Waals surface area contributed by atoms with Crippen molar-refractivity contribution in [3.8, 4) is 10.6 Å². The van der Waals surface area contributed by atoms with E-state index in [2.05, 4.69) is 9.97 Å². The maximum atomic E-state index is 13.1. The minimum absolute atomic E-state index is 0.0714. The number of rotatable bonds is 3. The fourth-order valence-corrected chi connectivity index (χ4v) is 3.57. The number of hydrogen-bond acceptors (Lipinski definition) is 6. The summed E-state index contributed by atoms with van der Waals surface area (Å²) in [5.41, 5.74) is 2.02. The van der Waals surface area contributed by atoms with Crippen LogP contribution in [0.3, 0.4) is 0 Å². The van der Waals surface area contributed by atoms with E-state index in [-0.39, 0.29) is 6.04 Å². The summed E-state index contributed by atoms with van der Waals surface area (Å²) < 4.78 is 18.7. The van der Waals surface area contributed by atoms with E-state index in [9.17, 15) is 4.39 Å². The Kier molecular flexibility index (Phi) is 4.18. The molecule has 1 atom stereocenters. The van der Waals surface area contributed by atoms with Crippen LogP contribution in [-0.4, -0.2) is 34.7 Å². The van der Waals surface area contributed by atoms with Gasteiger partial charge >= 0.3 is 0 Å². The van der Waals surface area contributed by atoms with E-state index >= 15 is 0 Å². The normalized spacial score (nSPS) is 17.9. The van der Waals surface area contributed by atoms with Gasteiger partial charge in [0.2, 0.25) is 5.95 Å². The fraction of sp³-hybridized carbons (Fsp3) is 0.235. The Morgan fingerprint density at radius 2 is 1.96 bits per heavy atom. The minimum atomic E-state index is -0.441. The smallest absolute Gasteiger partial charge is 0.226 e. The van der Waals surface area contributed by atoms with E-state index in [0.29, 0.717) is 25.7 Å². The number of morpholine rings is 1. The lowest BCUT2D eigenvalue weighted by molar-refractivity contribution is 0.0923. The molecule has 0 bridgehead atoms. The SMILES string of the molecule is Fc1cnc(N2CCOCC2c2csc(-c3ccccc3)n2)nc1. The first kappa shape index (κ1) is 15.2. The van der Waals surface area contributed by atoms with Crippen LogP contribution in [0.25, 0.3) is 10.6 Å². The highest BCUT2D eigenvalue weighted by Crippen LogP contribution is 2.31. The number of aromatic nitrogens is 3. The van der Waals surface area contributed by atoms with E-state index in [4.69, 9.17) is 9.72 Å². The third kappa shape index (κ3) is 3.00. The summed E-state index contributed by atoms with van der Waals surface area (Å²) >= 11 is 1.60. The van der Waals surface area contributed by atoms with Gasteiger partial charge in [-0.25, -0.2) is 19.3 Å². The zero-order valence-electron chi connectivity index (χ0n) is 12.8. The van der Waals surface area contributed by atoms with Crippen LogP contribution >= 0.6 is 11.3 Å². The summed E-state index contributed by atoms with van der Waals surface area (Å²) in [5, 5.41) is 3.01. The highest BCUT2D eigenvalue weighted by atomic mass is 32.1. The van der Waals surface area contributed by atoms with Crippen molar-refractivity contribution in [2.45, 2.75) is 6.04 Å². The lowest BCUT2D eigenvalue weighted by Crippen LogP contribution is -2.40. The molecular formula is C17H15FN4OS. The number of thiazole rings is 1. The molecular weight excluding hydrogens is 327 g/mol. The quantitative estimate of drug-likeness (QED) is 0.731. The second-order valence-electron chi connectivity index (χ2n) is 5.43. The molecule has 0 saturated carbocycles. The van der Waals surface area contributed by atoms with E-state index < -0.39 is 5.82 Å². The topological polar surface area (TPSA) is 51.1 Å². The minimum Gasteiger partial charge on any atom is -0.377 e. The number of halogens is 1. The molecule has 4 rings (SSSR count). The van der Waals surface area contributed by atoms with Crippen molar-refractivity contribution in [1.82, 2.24) is 15.0 Å². The van der Waals surface area contributed by atoms with Crippen molar-refractivity contribution in [3.63, 3.8) is 0 Å². The molecule has 0 spiro atoms. The van der Waals surface area contributed by atoms with Crippen molar-refractivity contribution in [3.05, 3.63) is 59.6 Å². The summed E-state index contributed by atoms with van der Waals surface area (Å²) in [6.07, 6.45) is 2.37. The lowest BCUT2D eigenvalue weighted by Gasteiger charge is -2.34. The Morgan fingerprint density at radius 1 is 1.17 bits per heavy atom. The first-order chi connectivity index (χ1) is 11.8. The molecule has 0 aliphatic carbocycles. The van der Waals surface area contributed by atoms with Crippen LogP contribution in [-0.2, 0) is 4.74 Å². The van der Waals surface area contributed by atoms with Crippen LogP contribution in [0.5, 0.6) is 0 Å². The van der Waals surface area contributed by atoms with Crippen LogP contribution in [0.1, 0.15) is 11.7 Å². The van der Waals surface area contributed by atoms with Gasteiger partial charge in [0.05, 0.1) is 37.3 Å². The van der Waals surface area contributed by atoms with E-state index in [1.54, 1.807) is 11.3 Å². The summed E-state index contributed by atoms with van der Waals surface area (Å²) in [6.45, 7) is 1.75.